The quantitative estimate of drug-likeness (QED) is 0.289. The zero-order valence-electron chi connectivity index (χ0n) is 19.4. The fourth-order valence-corrected chi connectivity index (χ4v) is 4.36. The van der Waals surface area contributed by atoms with Crippen molar-refractivity contribution in [1.29, 1.82) is 0 Å². The van der Waals surface area contributed by atoms with E-state index >= 15 is 0 Å². The van der Waals surface area contributed by atoms with Crippen LogP contribution in [0.25, 0.3) is 0 Å². The SMILES string of the molecule is CN=C(NCC(c1ccc(OC)cc1)N1CCOCC1)NCC1(c2ccc(F)cc2)CC1.I. The van der Waals surface area contributed by atoms with Crippen LogP contribution in [0.2, 0.25) is 0 Å². The summed E-state index contributed by atoms with van der Waals surface area (Å²) in [7, 11) is 3.48. The summed E-state index contributed by atoms with van der Waals surface area (Å²) in [6, 6.07) is 15.4. The molecular formula is C25H34FIN4O2. The van der Waals surface area contributed by atoms with Crippen LogP contribution in [0, 0.1) is 5.82 Å². The third kappa shape index (κ3) is 6.58. The second-order valence-electron chi connectivity index (χ2n) is 8.53. The van der Waals surface area contributed by atoms with Gasteiger partial charge in [0.1, 0.15) is 11.6 Å². The van der Waals surface area contributed by atoms with E-state index in [-0.39, 0.29) is 41.3 Å². The number of halogens is 2. The average Bonchev–Trinajstić information content (AvgIpc) is 3.63. The number of aliphatic imine (C=N–C) groups is 1. The Bertz CT molecular complexity index is 898. The van der Waals surface area contributed by atoms with Crippen LogP contribution in [0.1, 0.15) is 30.0 Å². The zero-order valence-corrected chi connectivity index (χ0v) is 21.7. The molecule has 0 amide bonds. The van der Waals surface area contributed by atoms with E-state index in [1.807, 2.05) is 24.3 Å². The van der Waals surface area contributed by atoms with Gasteiger partial charge in [0, 0.05) is 38.6 Å². The normalized spacial score (nSPS) is 18.7. The summed E-state index contributed by atoms with van der Waals surface area (Å²) >= 11 is 0. The van der Waals surface area contributed by atoms with Crippen molar-refractivity contribution in [3.05, 3.63) is 65.5 Å². The van der Waals surface area contributed by atoms with E-state index in [2.05, 4.69) is 32.7 Å². The van der Waals surface area contributed by atoms with Gasteiger partial charge in [-0.3, -0.25) is 9.89 Å². The van der Waals surface area contributed by atoms with Gasteiger partial charge in [-0.05, 0) is 48.2 Å². The van der Waals surface area contributed by atoms with Gasteiger partial charge in [-0.1, -0.05) is 24.3 Å². The van der Waals surface area contributed by atoms with Gasteiger partial charge in [-0.2, -0.15) is 0 Å². The third-order valence-corrected chi connectivity index (χ3v) is 6.58. The summed E-state index contributed by atoms with van der Waals surface area (Å²) in [6.07, 6.45) is 2.20. The maximum absolute atomic E-state index is 13.3. The van der Waals surface area contributed by atoms with Gasteiger partial charge in [0.05, 0.1) is 26.4 Å². The first kappa shape index (κ1) is 25.7. The van der Waals surface area contributed by atoms with Crippen LogP contribution >= 0.6 is 24.0 Å². The van der Waals surface area contributed by atoms with Crippen LogP contribution in [0.3, 0.4) is 0 Å². The maximum Gasteiger partial charge on any atom is 0.191 e. The summed E-state index contributed by atoms with van der Waals surface area (Å²) < 4.78 is 24.2. The highest BCUT2D eigenvalue weighted by molar-refractivity contribution is 14.0. The van der Waals surface area contributed by atoms with Crippen molar-refractivity contribution in [2.24, 2.45) is 4.99 Å². The Labute approximate surface area is 213 Å². The van der Waals surface area contributed by atoms with Crippen molar-refractivity contribution in [1.82, 2.24) is 15.5 Å². The van der Waals surface area contributed by atoms with Crippen LogP contribution in [-0.2, 0) is 10.2 Å². The number of hydrogen-bond acceptors (Lipinski definition) is 4. The Hall–Kier alpha value is -1.91. The molecule has 0 spiro atoms. The largest absolute Gasteiger partial charge is 0.497 e. The van der Waals surface area contributed by atoms with E-state index in [4.69, 9.17) is 9.47 Å². The molecule has 0 radical (unpaired) electrons. The average molecular weight is 568 g/mol. The van der Waals surface area contributed by atoms with Crippen molar-refractivity contribution in [2.45, 2.75) is 24.3 Å². The second kappa shape index (κ2) is 12.0. The monoisotopic (exact) mass is 568 g/mol. The third-order valence-electron chi connectivity index (χ3n) is 6.58. The van der Waals surface area contributed by atoms with Gasteiger partial charge < -0.3 is 20.1 Å². The highest BCUT2D eigenvalue weighted by Gasteiger charge is 2.44. The molecular weight excluding hydrogens is 534 g/mol. The number of guanidine groups is 1. The van der Waals surface area contributed by atoms with Gasteiger partial charge >= 0.3 is 0 Å². The van der Waals surface area contributed by atoms with Crippen LogP contribution < -0.4 is 15.4 Å². The van der Waals surface area contributed by atoms with E-state index < -0.39 is 0 Å². The fourth-order valence-electron chi connectivity index (χ4n) is 4.36. The fraction of sp³-hybridized carbons (Fsp3) is 0.480. The molecule has 1 saturated heterocycles. The summed E-state index contributed by atoms with van der Waals surface area (Å²) in [5, 5.41) is 7.02. The lowest BCUT2D eigenvalue weighted by atomic mass is 9.96. The topological polar surface area (TPSA) is 58.1 Å². The molecule has 4 rings (SSSR count). The lowest BCUT2D eigenvalue weighted by Gasteiger charge is -2.35. The Balaban J connectivity index is 0.00000306. The summed E-state index contributed by atoms with van der Waals surface area (Å²) in [5.74, 6) is 1.45. The molecule has 180 valence electrons. The van der Waals surface area contributed by atoms with Crippen LogP contribution in [-0.4, -0.2) is 64.4 Å². The smallest absolute Gasteiger partial charge is 0.191 e. The molecule has 33 heavy (non-hydrogen) atoms. The molecule has 1 heterocycles. The minimum Gasteiger partial charge on any atom is -0.497 e. The number of benzene rings is 2. The molecule has 6 nitrogen and oxygen atoms in total. The lowest BCUT2D eigenvalue weighted by Crippen LogP contribution is -2.47. The summed E-state index contributed by atoms with van der Waals surface area (Å²) in [4.78, 5) is 6.89. The number of rotatable bonds is 8. The Morgan fingerprint density at radius 3 is 2.33 bits per heavy atom. The van der Waals surface area contributed by atoms with Crippen molar-refractivity contribution in [3.8, 4) is 5.75 Å². The molecule has 2 aliphatic rings. The first-order valence-electron chi connectivity index (χ1n) is 11.3. The standard InChI is InChI=1S/C25H33FN4O2.HI/c1-27-24(29-18-25(11-12-25)20-5-7-21(26)8-6-20)28-17-23(30-13-15-32-16-14-30)19-3-9-22(31-2)10-4-19;/h3-10,23H,11-18H2,1-2H3,(H2,27,28,29);1H. The number of nitrogens with zero attached hydrogens (tertiary/aromatic N) is 2. The number of methoxy groups -OCH3 is 1. The van der Waals surface area contributed by atoms with Crippen molar-refractivity contribution in [3.63, 3.8) is 0 Å². The van der Waals surface area contributed by atoms with Crippen LogP contribution in [0.15, 0.2) is 53.5 Å². The summed E-state index contributed by atoms with van der Waals surface area (Å²) in [5.41, 5.74) is 2.50. The molecule has 1 atom stereocenters. The maximum atomic E-state index is 13.3. The van der Waals surface area contributed by atoms with E-state index in [1.165, 1.54) is 11.1 Å². The molecule has 1 saturated carbocycles. The van der Waals surface area contributed by atoms with Gasteiger partial charge in [0.25, 0.3) is 0 Å². The molecule has 1 aliphatic heterocycles. The zero-order chi connectivity index (χ0) is 22.4. The van der Waals surface area contributed by atoms with E-state index in [9.17, 15) is 4.39 Å². The molecule has 8 heteroatoms. The van der Waals surface area contributed by atoms with Crippen LogP contribution in [0.4, 0.5) is 4.39 Å². The highest BCUT2D eigenvalue weighted by Crippen LogP contribution is 2.47. The lowest BCUT2D eigenvalue weighted by molar-refractivity contribution is 0.0170. The van der Waals surface area contributed by atoms with Crippen molar-refractivity contribution < 1.29 is 13.9 Å². The number of nitrogens with one attached hydrogen (secondary N) is 2. The predicted octanol–water partition coefficient (Wildman–Crippen LogP) is 3.72. The van der Waals surface area contributed by atoms with Gasteiger partial charge in [0.15, 0.2) is 5.96 Å². The Morgan fingerprint density at radius 1 is 1.09 bits per heavy atom. The number of morpholine rings is 1. The minimum absolute atomic E-state index is 0. The van der Waals surface area contributed by atoms with E-state index in [0.717, 1.165) is 63.9 Å². The first-order chi connectivity index (χ1) is 15.6. The summed E-state index contributed by atoms with van der Waals surface area (Å²) in [6.45, 7) is 4.81. The Kier molecular flexibility index (Phi) is 9.34. The van der Waals surface area contributed by atoms with E-state index in [0.29, 0.717) is 0 Å². The van der Waals surface area contributed by atoms with Gasteiger partial charge in [0.2, 0.25) is 0 Å². The molecule has 0 bridgehead atoms. The number of hydrogen-bond donors (Lipinski definition) is 2. The number of ether oxygens (including phenoxy) is 2. The minimum atomic E-state index is -0.192. The van der Waals surface area contributed by atoms with E-state index in [1.54, 1.807) is 26.3 Å². The predicted molar refractivity (Wildman–Crippen MR) is 140 cm³/mol. The second-order valence-corrected chi connectivity index (χ2v) is 8.53. The van der Waals surface area contributed by atoms with Crippen molar-refractivity contribution in [2.75, 3.05) is 53.6 Å². The highest BCUT2D eigenvalue weighted by atomic mass is 127. The molecule has 2 fully saturated rings. The molecule has 2 aromatic carbocycles. The van der Waals surface area contributed by atoms with Gasteiger partial charge in [-0.15, -0.1) is 24.0 Å². The first-order valence-corrected chi connectivity index (χ1v) is 11.3. The van der Waals surface area contributed by atoms with Crippen LogP contribution in [0.5, 0.6) is 5.75 Å². The van der Waals surface area contributed by atoms with Gasteiger partial charge in [-0.25, -0.2) is 4.39 Å². The molecule has 0 aromatic heterocycles. The Morgan fingerprint density at radius 2 is 1.76 bits per heavy atom. The van der Waals surface area contributed by atoms with Crippen molar-refractivity contribution >= 4 is 29.9 Å². The molecule has 2 aromatic rings. The molecule has 2 N–H and O–H groups in total. The molecule has 1 unspecified atom stereocenters. The molecule has 1 aliphatic carbocycles.